The van der Waals surface area contributed by atoms with E-state index in [1.165, 1.54) is 26.7 Å². The molecular weight excluding hydrogens is 208 g/mol. The Morgan fingerprint density at radius 1 is 1.31 bits per heavy atom. The van der Waals surface area contributed by atoms with Gasteiger partial charge in [-0.2, -0.15) is 0 Å². The first kappa shape index (κ1) is 13.0. The van der Waals surface area contributed by atoms with Crippen molar-refractivity contribution in [2.24, 2.45) is 5.41 Å². The molecule has 1 rings (SSSR count). The molecule has 0 radical (unpaired) electrons. The minimum atomic E-state index is -1.34. The summed E-state index contributed by atoms with van der Waals surface area (Å²) in [6.07, 6.45) is 2.43. The van der Waals surface area contributed by atoms with Gasteiger partial charge in [-0.1, -0.05) is 0 Å². The lowest BCUT2D eigenvalue weighted by Gasteiger charge is -2.20. The minimum Gasteiger partial charge on any atom is -0.480 e. The van der Waals surface area contributed by atoms with Crippen molar-refractivity contribution in [1.82, 2.24) is 10.2 Å². The molecule has 0 aromatic rings. The summed E-state index contributed by atoms with van der Waals surface area (Å²) in [6, 6.07) is 0. The molecule has 1 amide bonds. The van der Waals surface area contributed by atoms with Crippen LogP contribution in [0.5, 0.6) is 0 Å². The zero-order chi connectivity index (χ0) is 12.2. The maximum atomic E-state index is 11.6. The Morgan fingerprint density at radius 3 is 2.38 bits per heavy atom. The maximum absolute atomic E-state index is 11.6. The van der Waals surface area contributed by atoms with Gasteiger partial charge in [0.2, 0.25) is 5.91 Å². The van der Waals surface area contributed by atoms with Crippen LogP contribution >= 0.6 is 0 Å². The van der Waals surface area contributed by atoms with Crippen LogP contribution in [0.3, 0.4) is 0 Å². The molecule has 0 atom stereocenters. The van der Waals surface area contributed by atoms with Crippen LogP contribution in [0.15, 0.2) is 0 Å². The first-order chi connectivity index (χ1) is 7.44. The number of hydrogen-bond acceptors (Lipinski definition) is 3. The summed E-state index contributed by atoms with van der Waals surface area (Å²) in [5.41, 5.74) is -1.34. The smallest absolute Gasteiger partial charge is 0.318 e. The number of nitrogens with zero attached hydrogens (tertiary/aromatic N) is 1. The normalized spacial score (nSPS) is 17.4. The summed E-state index contributed by atoms with van der Waals surface area (Å²) in [6.45, 7) is 6.33. The Morgan fingerprint density at radius 2 is 1.88 bits per heavy atom. The van der Waals surface area contributed by atoms with Gasteiger partial charge in [-0.3, -0.25) is 9.59 Å². The molecule has 2 N–H and O–H groups in total. The Labute approximate surface area is 95.8 Å². The molecule has 0 bridgehead atoms. The predicted octanol–water partition coefficient (Wildman–Crippen LogP) is 0.309. The molecule has 0 aromatic carbocycles. The molecule has 5 nitrogen and oxygen atoms in total. The van der Waals surface area contributed by atoms with Crippen molar-refractivity contribution in [1.29, 1.82) is 0 Å². The fraction of sp³-hybridized carbons (Fsp3) is 0.818. The highest BCUT2D eigenvalue weighted by atomic mass is 16.4. The van der Waals surface area contributed by atoms with Crippen molar-refractivity contribution >= 4 is 11.9 Å². The van der Waals surface area contributed by atoms with E-state index in [4.69, 9.17) is 5.11 Å². The average molecular weight is 228 g/mol. The molecule has 1 heterocycles. The second-order valence-electron chi connectivity index (χ2n) is 4.73. The summed E-state index contributed by atoms with van der Waals surface area (Å²) in [5.74, 6) is -1.51. The van der Waals surface area contributed by atoms with E-state index in [9.17, 15) is 9.59 Å². The number of hydrogen-bond donors (Lipinski definition) is 2. The zero-order valence-electron chi connectivity index (χ0n) is 9.95. The Balaban J connectivity index is 2.26. The lowest BCUT2D eigenvalue weighted by Crippen LogP contribution is -2.44. The Hall–Kier alpha value is -1.10. The van der Waals surface area contributed by atoms with E-state index >= 15 is 0 Å². The van der Waals surface area contributed by atoms with Gasteiger partial charge in [-0.05, 0) is 39.8 Å². The summed E-state index contributed by atoms with van der Waals surface area (Å²) < 4.78 is 0. The van der Waals surface area contributed by atoms with E-state index in [0.717, 1.165) is 19.6 Å². The average Bonchev–Trinajstić information content (AvgIpc) is 2.70. The first-order valence-corrected chi connectivity index (χ1v) is 5.68. The molecule has 1 aliphatic rings. The van der Waals surface area contributed by atoms with Gasteiger partial charge >= 0.3 is 5.97 Å². The molecule has 5 heteroatoms. The molecule has 0 aliphatic carbocycles. The van der Waals surface area contributed by atoms with Gasteiger partial charge in [0, 0.05) is 13.1 Å². The van der Waals surface area contributed by atoms with E-state index in [-0.39, 0.29) is 0 Å². The van der Waals surface area contributed by atoms with Crippen LogP contribution in [0.2, 0.25) is 0 Å². The number of rotatable bonds is 5. The molecule has 1 fully saturated rings. The second-order valence-corrected chi connectivity index (χ2v) is 4.73. The lowest BCUT2D eigenvalue weighted by atomic mass is 9.93. The van der Waals surface area contributed by atoms with Crippen LogP contribution in [0.4, 0.5) is 0 Å². The van der Waals surface area contributed by atoms with E-state index in [2.05, 4.69) is 10.2 Å². The molecule has 0 aromatic heterocycles. The van der Waals surface area contributed by atoms with Gasteiger partial charge in [-0.25, -0.2) is 0 Å². The van der Waals surface area contributed by atoms with Crippen LogP contribution in [-0.2, 0) is 9.59 Å². The van der Waals surface area contributed by atoms with Crippen LogP contribution in [0, 0.1) is 5.41 Å². The molecular formula is C11H20N2O3. The Bertz CT molecular complexity index is 270. The maximum Gasteiger partial charge on any atom is 0.318 e. The quantitative estimate of drug-likeness (QED) is 0.664. The zero-order valence-corrected chi connectivity index (χ0v) is 9.95. The third kappa shape index (κ3) is 3.20. The van der Waals surface area contributed by atoms with Crippen LogP contribution in [0.1, 0.15) is 26.7 Å². The first-order valence-electron chi connectivity index (χ1n) is 5.68. The lowest BCUT2D eigenvalue weighted by molar-refractivity contribution is -0.153. The molecule has 0 spiro atoms. The minimum absolute atomic E-state index is 0.417. The van der Waals surface area contributed by atoms with Crippen LogP contribution < -0.4 is 5.32 Å². The van der Waals surface area contributed by atoms with Gasteiger partial charge < -0.3 is 15.3 Å². The fourth-order valence-corrected chi connectivity index (χ4v) is 1.65. The van der Waals surface area contributed by atoms with E-state index in [0.29, 0.717) is 6.54 Å². The third-order valence-corrected chi connectivity index (χ3v) is 3.01. The summed E-state index contributed by atoms with van der Waals surface area (Å²) >= 11 is 0. The monoisotopic (exact) mass is 228 g/mol. The number of carboxylic acid groups (broad SMARTS) is 1. The fourth-order valence-electron chi connectivity index (χ4n) is 1.65. The van der Waals surface area contributed by atoms with Crippen molar-refractivity contribution in [2.45, 2.75) is 26.7 Å². The largest absolute Gasteiger partial charge is 0.480 e. The van der Waals surface area contributed by atoms with Gasteiger partial charge in [0.1, 0.15) is 5.41 Å². The van der Waals surface area contributed by atoms with Gasteiger partial charge in [0.25, 0.3) is 0 Å². The van der Waals surface area contributed by atoms with E-state index in [1.807, 2.05) is 0 Å². The number of likely N-dealkylation sites (tertiary alicyclic amines) is 1. The van der Waals surface area contributed by atoms with E-state index < -0.39 is 17.3 Å². The second kappa shape index (κ2) is 5.30. The highest BCUT2D eigenvalue weighted by Crippen LogP contribution is 2.14. The van der Waals surface area contributed by atoms with Gasteiger partial charge in [-0.15, -0.1) is 0 Å². The predicted molar refractivity (Wildman–Crippen MR) is 60.1 cm³/mol. The molecule has 1 aliphatic heterocycles. The van der Waals surface area contributed by atoms with Gasteiger partial charge in [0.15, 0.2) is 0 Å². The molecule has 0 unspecified atom stereocenters. The number of carbonyl (C=O) groups is 2. The topological polar surface area (TPSA) is 69.6 Å². The van der Waals surface area contributed by atoms with Crippen molar-refractivity contribution in [2.75, 3.05) is 26.2 Å². The highest BCUT2D eigenvalue weighted by Gasteiger charge is 2.35. The number of nitrogens with one attached hydrogen (secondary N) is 1. The molecule has 16 heavy (non-hydrogen) atoms. The van der Waals surface area contributed by atoms with Crippen molar-refractivity contribution < 1.29 is 14.7 Å². The highest BCUT2D eigenvalue weighted by molar-refractivity contribution is 6.00. The molecule has 0 saturated carbocycles. The number of aliphatic carboxylic acids is 1. The summed E-state index contributed by atoms with van der Waals surface area (Å²) in [7, 11) is 0. The van der Waals surface area contributed by atoms with Crippen molar-refractivity contribution in [3.05, 3.63) is 0 Å². The molecule has 92 valence electrons. The summed E-state index contributed by atoms with van der Waals surface area (Å²) in [5, 5.41) is 11.5. The SMILES string of the molecule is CC(C)(C(=O)O)C(=O)NCCN1CCCC1. The standard InChI is InChI=1S/C11H20N2O3/c1-11(2,10(15)16)9(14)12-5-8-13-6-3-4-7-13/h3-8H2,1-2H3,(H,12,14)(H,15,16). The van der Waals surface area contributed by atoms with E-state index in [1.54, 1.807) is 0 Å². The third-order valence-electron chi connectivity index (χ3n) is 3.01. The summed E-state index contributed by atoms with van der Waals surface area (Å²) in [4.78, 5) is 24.7. The number of carbonyl (C=O) groups excluding carboxylic acids is 1. The molecule has 1 saturated heterocycles. The van der Waals surface area contributed by atoms with Gasteiger partial charge in [0.05, 0.1) is 0 Å². The Kier molecular flexibility index (Phi) is 4.29. The van der Waals surface area contributed by atoms with Crippen molar-refractivity contribution in [3.63, 3.8) is 0 Å². The van der Waals surface area contributed by atoms with Crippen LogP contribution in [0.25, 0.3) is 0 Å². The van der Waals surface area contributed by atoms with Crippen molar-refractivity contribution in [3.8, 4) is 0 Å². The number of carboxylic acids is 1. The number of amides is 1. The van der Waals surface area contributed by atoms with Crippen LogP contribution in [-0.4, -0.2) is 48.1 Å².